The predicted molar refractivity (Wildman–Crippen MR) is 50.1 cm³/mol. The van der Waals surface area contributed by atoms with Crippen LogP contribution in [0.3, 0.4) is 0 Å². The molecule has 0 aliphatic heterocycles. The second kappa shape index (κ2) is 4.47. The van der Waals surface area contributed by atoms with Crippen molar-refractivity contribution in [3.05, 3.63) is 26.3 Å². The zero-order valence-corrected chi connectivity index (χ0v) is 8.99. The summed E-state index contributed by atoms with van der Waals surface area (Å²) in [4.78, 5) is 13.2. The lowest BCUT2D eigenvalue weighted by atomic mass is 10.2. The number of hydrogen-bond donors (Lipinski definition) is 0. The van der Waals surface area contributed by atoms with E-state index >= 15 is 0 Å². The van der Waals surface area contributed by atoms with Crippen molar-refractivity contribution in [1.29, 1.82) is 0 Å². The van der Waals surface area contributed by atoms with Crippen molar-refractivity contribution in [3.8, 4) is 5.88 Å². The molecule has 0 bridgehead atoms. The molecule has 5 nitrogen and oxygen atoms in total. The molecule has 0 amide bonds. The molecular weight excluding hydrogens is 278 g/mol. The van der Waals surface area contributed by atoms with E-state index in [2.05, 4.69) is 25.7 Å². The third kappa shape index (κ3) is 2.38. The van der Waals surface area contributed by atoms with Crippen molar-refractivity contribution in [3.63, 3.8) is 0 Å². The number of rotatable bonds is 3. The summed E-state index contributed by atoms with van der Waals surface area (Å²) in [5.41, 5.74) is -1.47. The second-order valence-electron chi connectivity index (χ2n) is 2.45. The molecule has 0 saturated carbocycles. The highest BCUT2D eigenvalue weighted by molar-refractivity contribution is 9.10. The lowest BCUT2D eigenvalue weighted by Crippen LogP contribution is -2.00. The minimum Gasteiger partial charge on any atom is -0.481 e. The van der Waals surface area contributed by atoms with Gasteiger partial charge in [-0.15, -0.1) is 0 Å². The van der Waals surface area contributed by atoms with Gasteiger partial charge in [0, 0.05) is 6.07 Å². The van der Waals surface area contributed by atoms with Gasteiger partial charge in [0.15, 0.2) is 4.60 Å². The number of ether oxygens (including phenoxy) is 1. The van der Waals surface area contributed by atoms with Gasteiger partial charge >= 0.3 is 5.69 Å². The van der Waals surface area contributed by atoms with Gasteiger partial charge in [0.1, 0.15) is 5.56 Å². The van der Waals surface area contributed by atoms with E-state index in [9.17, 15) is 18.9 Å². The standard InChI is InChI=1S/C7H5BrF2N2O3/c1-15-4-2-3(7(9)10)5(12(13)14)6(8)11-4/h2,7H,1H3. The van der Waals surface area contributed by atoms with E-state index in [1.54, 1.807) is 0 Å². The third-order valence-electron chi connectivity index (χ3n) is 1.58. The SMILES string of the molecule is COc1cc(C(F)F)c([N+](=O)[O-])c(Br)n1. The van der Waals surface area contributed by atoms with E-state index in [0.29, 0.717) is 0 Å². The van der Waals surface area contributed by atoms with Crippen LogP contribution in [0, 0.1) is 10.1 Å². The van der Waals surface area contributed by atoms with Gasteiger partial charge in [-0.3, -0.25) is 10.1 Å². The Hall–Kier alpha value is -1.31. The Morgan fingerprint density at radius 3 is 2.67 bits per heavy atom. The topological polar surface area (TPSA) is 65.3 Å². The molecule has 1 aromatic rings. The van der Waals surface area contributed by atoms with Crippen LogP contribution >= 0.6 is 15.9 Å². The fraction of sp³-hybridized carbons (Fsp3) is 0.286. The van der Waals surface area contributed by atoms with Gasteiger partial charge in [0.2, 0.25) is 5.88 Å². The summed E-state index contributed by atoms with van der Waals surface area (Å²) < 4.78 is 29.3. The van der Waals surface area contributed by atoms with Gasteiger partial charge in [0.05, 0.1) is 12.0 Å². The Labute approximate surface area is 91.3 Å². The van der Waals surface area contributed by atoms with Crippen molar-refractivity contribution < 1.29 is 18.4 Å². The van der Waals surface area contributed by atoms with Crippen LogP contribution in [0.25, 0.3) is 0 Å². The number of methoxy groups -OCH3 is 1. The molecule has 8 heteroatoms. The fourth-order valence-corrected chi connectivity index (χ4v) is 1.50. The summed E-state index contributed by atoms with van der Waals surface area (Å²) in [6, 6.07) is 0.841. The Morgan fingerprint density at radius 1 is 1.67 bits per heavy atom. The molecule has 0 saturated heterocycles. The molecule has 15 heavy (non-hydrogen) atoms. The molecule has 0 aromatic carbocycles. The Balaban J connectivity index is 3.42. The van der Waals surface area contributed by atoms with Gasteiger partial charge < -0.3 is 4.74 Å². The maximum absolute atomic E-state index is 12.5. The van der Waals surface area contributed by atoms with Crippen LogP contribution in [0.15, 0.2) is 10.7 Å². The van der Waals surface area contributed by atoms with Gasteiger partial charge in [-0.1, -0.05) is 0 Å². The molecule has 1 heterocycles. The molecule has 1 rings (SSSR count). The van der Waals surface area contributed by atoms with Crippen molar-refractivity contribution in [2.75, 3.05) is 7.11 Å². The largest absolute Gasteiger partial charge is 0.481 e. The highest BCUT2D eigenvalue weighted by Crippen LogP contribution is 2.36. The first-order valence-corrected chi connectivity index (χ1v) is 4.43. The Morgan fingerprint density at radius 2 is 2.27 bits per heavy atom. The van der Waals surface area contributed by atoms with Crippen molar-refractivity contribution >= 4 is 21.6 Å². The zero-order valence-electron chi connectivity index (χ0n) is 7.41. The minimum atomic E-state index is -2.96. The molecule has 0 atom stereocenters. The Bertz CT molecular complexity index is 400. The molecule has 0 N–H and O–H groups in total. The van der Waals surface area contributed by atoms with Crippen molar-refractivity contribution in [2.24, 2.45) is 0 Å². The lowest BCUT2D eigenvalue weighted by Gasteiger charge is -2.05. The molecule has 0 radical (unpaired) electrons. The molecular formula is C7H5BrF2N2O3. The van der Waals surface area contributed by atoms with Crippen LogP contribution in [0.1, 0.15) is 12.0 Å². The number of halogens is 3. The first-order chi connectivity index (χ1) is 6.97. The smallest absolute Gasteiger partial charge is 0.311 e. The summed E-state index contributed by atoms with van der Waals surface area (Å²) in [6.07, 6.45) is -2.96. The monoisotopic (exact) mass is 282 g/mol. The molecule has 82 valence electrons. The normalized spacial score (nSPS) is 10.5. The number of aromatic nitrogens is 1. The van der Waals surface area contributed by atoms with Crippen LogP contribution in [0.2, 0.25) is 0 Å². The van der Waals surface area contributed by atoms with Crippen LogP contribution in [0.5, 0.6) is 5.88 Å². The predicted octanol–water partition coefficient (Wildman–Crippen LogP) is 2.70. The summed E-state index contributed by atoms with van der Waals surface area (Å²) >= 11 is 2.74. The average Bonchev–Trinajstić information content (AvgIpc) is 2.15. The molecule has 0 aliphatic rings. The fourth-order valence-electron chi connectivity index (χ4n) is 0.954. The van der Waals surface area contributed by atoms with Crippen LogP contribution < -0.4 is 4.74 Å². The van der Waals surface area contributed by atoms with E-state index in [1.165, 1.54) is 7.11 Å². The number of pyridine rings is 1. The summed E-state index contributed by atoms with van der Waals surface area (Å²) in [5.74, 6) is -0.109. The zero-order chi connectivity index (χ0) is 11.6. The summed E-state index contributed by atoms with van der Waals surface area (Å²) in [7, 11) is 1.23. The van der Waals surface area contributed by atoms with Crippen molar-refractivity contribution in [1.82, 2.24) is 4.98 Å². The van der Waals surface area contributed by atoms with E-state index in [4.69, 9.17) is 0 Å². The second-order valence-corrected chi connectivity index (χ2v) is 3.20. The van der Waals surface area contributed by atoms with Gasteiger partial charge in [-0.2, -0.15) is 4.98 Å². The van der Waals surface area contributed by atoms with Gasteiger partial charge in [-0.05, 0) is 15.9 Å². The van der Waals surface area contributed by atoms with Gasteiger partial charge in [0.25, 0.3) is 6.43 Å². The van der Waals surface area contributed by atoms with Crippen molar-refractivity contribution in [2.45, 2.75) is 6.43 Å². The highest BCUT2D eigenvalue weighted by Gasteiger charge is 2.27. The molecule has 0 aliphatic carbocycles. The first kappa shape index (κ1) is 11.8. The first-order valence-electron chi connectivity index (χ1n) is 3.64. The Kier molecular flexibility index (Phi) is 3.51. The number of nitro groups is 1. The van der Waals surface area contributed by atoms with Gasteiger partial charge in [-0.25, -0.2) is 8.78 Å². The lowest BCUT2D eigenvalue weighted by molar-refractivity contribution is -0.387. The maximum Gasteiger partial charge on any atom is 0.311 e. The summed E-state index contributed by atoms with van der Waals surface area (Å²) in [6.45, 7) is 0. The minimum absolute atomic E-state index is 0.109. The number of alkyl halides is 2. The highest BCUT2D eigenvalue weighted by atomic mass is 79.9. The molecule has 0 fully saturated rings. The van der Waals surface area contributed by atoms with Crippen LogP contribution in [0.4, 0.5) is 14.5 Å². The number of hydrogen-bond acceptors (Lipinski definition) is 4. The molecule has 0 unspecified atom stereocenters. The van der Waals surface area contributed by atoms with E-state index in [0.717, 1.165) is 6.07 Å². The van der Waals surface area contributed by atoms with Crippen LogP contribution in [-0.4, -0.2) is 17.0 Å². The third-order valence-corrected chi connectivity index (χ3v) is 2.14. The van der Waals surface area contributed by atoms with E-state index < -0.39 is 22.6 Å². The maximum atomic E-state index is 12.5. The quantitative estimate of drug-likeness (QED) is 0.486. The molecule has 1 aromatic heterocycles. The average molecular weight is 283 g/mol. The van der Waals surface area contributed by atoms with E-state index in [1.807, 2.05) is 0 Å². The number of nitrogens with zero attached hydrogens (tertiary/aromatic N) is 2. The van der Waals surface area contributed by atoms with Crippen LogP contribution in [-0.2, 0) is 0 Å². The molecule has 0 spiro atoms. The summed E-state index contributed by atoms with van der Waals surface area (Å²) in [5, 5.41) is 10.5. The van der Waals surface area contributed by atoms with E-state index in [-0.39, 0.29) is 10.5 Å².